The van der Waals surface area contributed by atoms with Crippen LogP contribution in [0.25, 0.3) is 21.9 Å². The summed E-state index contributed by atoms with van der Waals surface area (Å²) in [7, 11) is 1.42. The first-order chi connectivity index (χ1) is 18.1. The molecule has 0 bridgehead atoms. The molecule has 204 valence electrons. The number of fused-ring (bicyclic) bond motifs is 2. The van der Waals surface area contributed by atoms with Gasteiger partial charge in [0.15, 0.2) is 18.1 Å². The Morgan fingerprint density at radius 3 is 2.32 bits per heavy atom. The monoisotopic (exact) mass is 524 g/mol. The number of unbranched alkanes of at least 4 members (excludes halogenated alkanes) is 2. The van der Waals surface area contributed by atoms with E-state index in [1.54, 1.807) is 0 Å². The molecule has 0 saturated heterocycles. The average Bonchev–Trinajstić information content (AvgIpc) is 2.85. The van der Waals surface area contributed by atoms with Crippen LogP contribution in [0, 0.1) is 0 Å². The molecule has 0 saturated carbocycles. The fourth-order valence-corrected chi connectivity index (χ4v) is 4.44. The molecule has 3 N–H and O–H groups in total. The third-order valence-corrected chi connectivity index (χ3v) is 6.42. The summed E-state index contributed by atoms with van der Waals surface area (Å²) in [5.74, 6) is -1.42. The Hall–Kier alpha value is -3.94. The van der Waals surface area contributed by atoms with Crippen LogP contribution in [0.3, 0.4) is 0 Å². The van der Waals surface area contributed by atoms with Crippen molar-refractivity contribution in [3.8, 4) is 23.0 Å². The second-order valence-corrected chi connectivity index (χ2v) is 9.67. The molecule has 2 aromatic carbocycles. The molecule has 3 aromatic rings. The highest BCUT2D eigenvalue weighted by Gasteiger charge is 2.24. The van der Waals surface area contributed by atoms with Gasteiger partial charge in [0.05, 0.1) is 12.5 Å². The molecule has 3 rings (SSSR count). The molecule has 1 aromatic heterocycles. The minimum Gasteiger partial charge on any atom is -0.507 e. The summed E-state index contributed by atoms with van der Waals surface area (Å²) in [5, 5.41) is 31.2. The zero-order valence-corrected chi connectivity index (χ0v) is 22.6. The van der Waals surface area contributed by atoms with Crippen molar-refractivity contribution in [1.82, 2.24) is 0 Å². The molecular formula is C30H36O8. The summed E-state index contributed by atoms with van der Waals surface area (Å²) < 4.78 is 16.9. The summed E-state index contributed by atoms with van der Waals surface area (Å²) in [6.07, 6.45) is 8.65. The second-order valence-electron chi connectivity index (χ2n) is 9.67. The summed E-state index contributed by atoms with van der Waals surface area (Å²) in [5.41, 5.74) is 2.54. The predicted molar refractivity (Wildman–Crippen MR) is 148 cm³/mol. The minimum absolute atomic E-state index is 0.0168. The number of carboxylic acid groups (broad SMARTS) is 1. The van der Waals surface area contributed by atoms with E-state index in [0.29, 0.717) is 12.0 Å². The summed E-state index contributed by atoms with van der Waals surface area (Å²) >= 11 is 0. The van der Waals surface area contributed by atoms with Gasteiger partial charge >= 0.3 is 5.97 Å². The van der Waals surface area contributed by atoms with Crippen LogP contribution in [0.15, 0.2) is 44.6 Å². The Labute approximate surface area is 221 Å². The van der Waals surface area contributed by atoms with Gasteiger partial charge in [0, 0.05) is 23.3 Å². The van der Waals surface area contributed by atoms with E-state index in [2.05, 4.69) is 6.92 Å². The van der Waals surface area contributed by atoms with E-state index < -0.39 is 18.0 Å². The lowest BCUT2D eigenvalue weighted by atomic mass is 9.98. The molecule has 1 heterocycles. The second kappa shape index (κ2) is 12.5. The van der Waals surface area contributed by atoms with E-state index >= 15 is 0 Å². The van der Waals surface area contributed by atoms with E-state index in [-0.39, 0.29) is 56.9 Å². The van der Waals surface area contributed by atoms with Gasteiger partial charge in [0.1, 0.15) is 28.1 Å². The SMILES string of the molecule is CCCCCC(C)=CCc1c(OC)c(O)cc2oc3cc(OCC(=O)O)c(CC=C(C)C)c(O)c3c(=O)c12. The van der Waals surface area contributed by atoms with Crippen LogP contribution in [0.4, 0.5) is 0 Å². The predicted octanol–water partition coefficient (Wildman–Crippen LogP) is 6.41. The van der Waals surface area contributed by atoms with Crippen molar-refractivity contribution in [3.63, 3.8) is 0 Å². The molecule has 0 fully saturated rings. The van der Waals surface area contributed by atoms with Gasteiger partial charge in [-0.3, -0.25) is 4.79 Å². The number of carbonyl (C=O) groups is 1. The fourth-order valence-electron chi connectivity index (χ4n) is 4.44. The van der Waals surface area contributed by atoms with Crippen molar-refractivity contribution in [1.29, 1.82) is 0 Å². The number of rotatable bonds is 12. The molecule has 0 aliphatic carbocycles. The van der Waals surface area contributed by atoms with Gasteiger partial charge in [0.25, 0.3) is 0 Å². The minimum atomic E-state index is -1.18. The van der Waals surface area contributed by atoms with Crippen molar-refractivity contribution >= 4 is 27.9 Å². The standard InChI is InChI=1S/C30H36O8/c1-6-7-8-9-18(4)11-13-20-26-23(14-21(31)30(20)36-5)38-24-15-22(37-16-25(32)33)19(12-10-17(2)3)28(34)27(24)29(26)35/h10-11,14-15,31,34H,6-9,12-13,16H2,1-5H3,(H,32,33). The molecule has 0 spiro atoms. The number of phenolic OH excluding ortho intramolecular Hbond substituents is 2. The molecule has 0 unspecified atom stereocenters. The Bertz CT molecular complexity index is 1460. The number of aliphatic carboxylic acids is 1. The third-order valence-electron chi connectivity index (χ3n) is 6.42. The number of methoxy groups -OCH3 is 1. The van der Waals surface area contributed by atoms with Gasteiger partial charge < -0.3 is 29.2 Å². The Morgan fingerprint density at radius 1 is 1.00 bits per heavy atom. The highest BCUT2D eigenvalue weighted by Crippen LogP contribution is 2.41. The zero-order valence-electron chi connectivity index (χ0n) is 22.6. The Kier molecular flexibility index (Phi) is 9.45. The lowest BCUT2D eigenvalue weighted by molar-refractivity contribution is -0.139. The van der Waals surface area contributed by atoms with Gasteiger partial charge in [-0.2, -0.15) is 0 Å². The normalized spacial score (nSPS) is 11.7. The average molecular weight is 525 g/mol. The van der Waals surface area contributed by atoms with Crippen LogP contribution in [0.1, 0.15) is 64.5 Å². The number of benzene rings is 2. The van der Waals surface area contributed by atoms with E-state index in [0.717, 1.165) is 36.8 Å². The molecule has 0 atom stereocenters. The highest BCUT2D eigenvalue weighted by molar-refractivity contribution is 5.98. The van der Waals surface area contributed by atoms with Crippen molar-refractivity contribution in [2.24, 2.45) is 0 Å². The van der Waals surface area contributed by atoms with Gasteiger partial charge in [0.2, 0.25) is 5.43 Å². The summed E-state index contributed by atoms with van der Waals surface area (Å²) in [6, 6.07) is 2.72. The number of ether oxygens (including phenoxy) is 2. The summed E-state index contributed by atoms with van der Waals surface area (Å²) in [4.78, 5) is 25.0. The van der Waals surface area contributed by atoms with Crippen molar-refractivity contribution < 1.29 is 34.0 Å². The van der Waals surface area contributed by atoms with Crippen LogP contribution in [0.2, 0.25) is 0 Å². The smallest absolute Gasteiger partial charge is 0.341 e. The number of hydrogen-bond acceptors (Lipinski definition) is 7. The van der Waals surface area contributed by atoms with Gasteiger partial charge in [-0.05, 0) is 46.5 Å². The maximum Gasteiger partial charge on any atom is 0.341 e. The number of phenols is 2. The molecule has 0 aliphatic heterocycles. The topological polar surface area (TPSA) is 126 Å². The molecular weight excluding hydrogens is 488 g/mol. The number of carboxylic acids is 1. The Balaban J connectivity index is 2.29. The fraction of sp³-hybridized carbons (Fsp3) is 0.400. The summed E-state index contributed by atoms with van der Waals surface area (Å²) in [6.45, 7) is 7.33. The van der Waals surface area contributed by atoms with E-state index in [1.807, 2.05) is 32.9 Å². The van der Waals surface area contributed by atoms with Crippen LogP contribution in [-0.2, 0) is 17.6 Å². The van der Waals surface area contributed by atoms with E-state index in [1.165, 1.54) is 19.2 Å². The number of hydrogen-bond donors (Lipinski definition) is 3. The third kappa shape index (κ3) is 6.30. The molecule has 0 amide bonds. The van der Waals surface area contributed by atoms with Gasteiger partial charge in [-0.25, -0.2) is 4.79 Å². The van der Waals surface area contributed by atoms with Crippen molar-refractivity contribution in [2.45, 2.75) is 66.2 Å². The first-order valence-electron chi connectivity index (χ1n) is 12.8. The van der Waals surface area contributed by atoms with E-state index in [9.17, 15) is 19.8 Å². The van der Waals surface area contributed by atoms with Crippen molar-refractivity contribution in [2.75, 3.05) is 13.7 Å². The largest absolute Gasteiger partial charge is 0.507 e. The van der Waals surface area contributed by atoms with Crippen LogP contribution in [-0.4, -0.2) is 35.0 Å². The molecule has 0 aliphatic rings. The lowest BCUT2D eigenvalue weighted by Crippen LogP contribution is -2.12. The quantitative estimate of drug-likeness (QED) is 0.141. The maximum absolute atomic E-state index is 13.9. The molecule has 38 heavy (non-hydrogen) atoms. The maximum atomic E-state index is 13.9. The highest BCUT2D eigenvalue weighted by atomic mass is 16.5. The first kappa shape index (κ1) is 28.6. The first-order valence-corrected chi connectivity index (χ1v) is 12.8. The molecule has 0 radical (unpaired) electrons. The molecule has 8 nitrogen and oxygen atoms in total. The zero-order chi connectivity index (χ0) is 28.0. The van der Waals surface area contributed by atoms with Crippen LogP contribution < -0.4 is 14.9 Å². The van der Waals surface area contributed by atoms with Crippen molar-refractivity contribution in [3.05, 3.63) is 56.8 Å². The number of aromatic hydroxyl groups is 2. The van der Waals surface area contributed by atoms with E-state index in [4.69, 9.17) is 19.0 Å². The Morgan fingerprint density at radius 2 is 1.68 bits per heavy atom. The van der Waals surface area contributed by atoms with Crippen LogP contribution >= 0.6 is 0 Å². The van der Waals surface area contributed by atoms with Gasteiger partial charge in [-0.15, -0.1) is 0 Å². The van der Waals surface area contributed by atoms with Crippen LogP contribution in [0.5, 0.6) is 23.0 Å². The molecule has 8 heteroatoms. The number of allylic oxidation sites excluding steroid dienone is 4. The van der Waals surface area contributed by atoms with Gasteiger partial charge in [-0.1, -0.05) is 43.1 Å². The lowest BCUT2D eigenvalue weighted by Gasteiger charge is -2.16.